The Balaban J connectivity index is 2.08. The summed E-state index contributed by atoms with van der Waals surface area (Å²) in [5.74, 6) is 0.466. The summed E-state index contributed by atoms with van der Waals surface area (Å²) < 4.78 is 1.80. The second kappa shape index (κ2) is 7.69. The van der Waals surface area contributed by atoms with Gasteiger partial charge in [0.1, 0.15) is 0 Å². The fourth-order valence-electron chi connectivity index (χ4n) is 3.50. The van der Waals surface area contributed by atoms with Crippen molar-refractivity contribution in [1.29, 1.82) is 0 Å². The van der Waals surface area contributed by atoms with Gasteiger partial charge < -0.3 is 0 Å². The lowest BCUT2D eigenvalue weighted by Crippen LogP contribution is -2.27. The maximum absolute atomic E-state index is 13.0. The van der Waals surface area contributed by atoms with E-state index in [0.29, 0.717) is 16.9 Å². The molecular weight excluding hydrogens is 300 g/mol. The molecule has 1 fully saturated rings. The predicted molar refractivity (Wildman–Crippen MR) is 97.0 cm³/mol. The van der Waals surface area contributed by atoms with Crippen molar-refractivity contribution in [2.75, 3.05) is 0 Å². The Kier molecular flexibility index (Phi) is 5.38. The smallest absolute Gasteiger partial charge is 0.263 e. The molecule has 3 rings (SSSR count). The average molecular weight is 326 g/mol. The van der Waals surface area contributed by atoms with Crippen LogP contribution < -0.4 is 5.56 Å². The van der Waals surface area contributed by atoms with Gasteiger partial charge in [-0.2, -0.15) is 5.11 Å². The fraction of sp³-hybridized carbons (Fsp3) is 0.579. The van der Waals surface area contributed by atoms with Gasteiger partial charge in [0.15, 0.2) is 0 Å². The first-order valence-electron chi connectivity index (χ1n) is 9.13. The van der Waals surface area contributed by atoms with Crippen LogP contribution in [0.5, 0.6) is 0 Å². The summed E-state index contributed by atoms with van der Waals surface area (Å²) in [4.78, 5) is 17.7. The highest BCUT2D eigenvalue weighted by molar-refractivity contribution is 5.78. The molecule has 24 heavy (non-hydrogen) atoms. The number of para-hydroxylation sites is 1. The van der Waals surface area contributed by atoms with E-state index in [1.807, 2.05) is 24.3 Å². The molecule has 1 aromatic carbocycles. The van der Waals surface area contributed by atoms with Crippen LogP contribution in [0.15, 0.2) is 39.3 Å². The zero-order valence-corrected chi connectivity index (χ0v) is 14.6. The Morgan fingerprint density at radius 2 is 2.00 bits per heavy atom. The first kappa shape index (κ1) is 16.8. The van der Waals surface area contributed by atoms with E-state index in [9.17, 15) is 4.79 Å². The summed E-state index contributed by atoms with van der Waals surface area (Å²) in [7, 11) is 0. The van der Waals surface area contributed by atoms with Crippen LogP contribution in [0, 0.1) is 0 Å². The lowest BCUT2D eigenvalue weighted by molar-refractivity contribution is 0.347. The van der Waals surface area contributed by atoms with Gasteiger partial charge in [0.25, 0.3) is 11.5 Å². The van der Waals surface area contributed by atoms with Gasteiger partial charge in [0, 0.05) is 6.04 Å². The van der Waals surface area contributed by atoms with Crippen LogP contribution in [0.1, 0.15) is 64.8 Å². The predicted octanol–water partition coefficient (Wildman–Crippen LogP) is 5.17. The molecule has 0 radical (unpaired) electrons. The molecule has 0 spiro atoms. The molecule has 1 unspecified atom stereocenters. The van der Waals surface area contributed by atoms with E-state index >= 15 is 0 Å². The zero-order chi connectivity index (χ0) is 16.9. The summed E-state index contributed by atoms with van der Waals surface area (Å²) in [6.45, 7) is 4.19. The van der Waals surface area contributed by atoms with Crippen LogP contribution in [-0.4, -0.2) is 15.6 Å². The van der Waals surface area contributed by atoms with E-state index in [-0.39, 0.29) is 17.6 Å². The number of azo groups is 1. The summed E-state index contributed by atoms with van der Waals surface area (Å²) in [5.41, 5.74) is 0.719. The highest BCUT2D eigenvalue weighted by atomic mass is 16.1. The third kappa shape index (κ3) is 3.55. The third-order valence-corrected chi connectivity index (χ3v) is 4.78. The van der Waals surface area contributed by atoms with Gasteiger partial charge >= 0.3 is 0 Å². The van der Waals surface area contributed by atoms with Crippen molar-refractivity contribution in [1.82, 2.24) is 9.55 Å². The summed E-state index contributed by atoms with van der Waals surface area (Å²) >= 11 is 0. The molecule has 0 aliphatic heterocycles. The number of hydrogen-bond donors (Lipinski definition) is 0. The fourth-order valence-corrected chi connectivity index (χ4v) is 3.50. The molecule has 0 N–H and O–H groups in total. The normalized spacial score (nSPS) is 17.6. The number of rotatable bonds is 5. The van der Waals surface area contributed by atoms with Gasteiger partial charge in [0.2, 0.25) is 0 Å². The molecule has 1 aliphatic rings. The van der Waals surface area contributed by atoms with Gasteiger partial charge in [-0.15, -0.1) is 5.11 Å². The lowest BCUT2D eigenvalue weighted by Gasteiger charge is -2.25. The Hall–Kier alpha value is -2.04. The van der Waals surface area contributed by atoms with E-state index in [0.717, 1.165) is 38.5 Å². The zero-order valence-electron chi connectivity index (χ0n) is 14.6. The second-order valence-electron chi connectivity index (χ2n) is 6.75. The Morgan fingerprint density at radius 3 is 2.75 bits per heavy atom. The molecule has 2 aromatic rings. The minimum absolute atomic E-state index is 0.0181. The van der Waals surface area contributed by atoms with E-state index in [2.05, 4.69) is 29.1 Å². The van der Waals surface area contributed by atoms with Crippen LogP contribution in [0.3, 0.4) is 0 Å². The van der Waals surface area contributed by atoms with Gasteiger partial charge in [0.05, 0.1) is 16.9 Å². The van der Waals surface area contributed by atoms with Crippen molar-refractivity contribution in [2.24, 2.45) is 10.2 Å². The molecular formula is C19H26N4O. The first-order valence-corrected chi connectivity index (χ1v) is 9.13. The molecule has 128 valence electrons. The number of fused-ring (bicyclic) bond motifs is 1. The van der Waals surface area contributed by atoms with Gasteiger partial charge in [-0.3, -0.25) is 9.36 Å². The Morgan fingerprint density at radius 1 is 1.25 bits per heavy atom. The van der Waals surface area contributed by atoms with Crippen molar-refractivity contribution in [3.8, 4) is 0 Å². The highest BCUT2D eigenvalue weighted by Crippen LogP contribution is 2.30. The number of hydrogen-bond acceptors (Lipinski definition) is 4. The standard InChI is InChI=1S/C19H26N4O/c1-3-9-14(2)21-22-19-20-17-13-8-7-12-16(17)18(24)23(19)15-10-5-4-6-11-15/h7-8,12-15H,3-6,9-11H2,1-2H3. The number of aromatic nitrogens is 2. The SMILES string of the molecule is CCCC(C)N=Nc1nc2ccccc2c(=O)n1C1CCCCC1. The molecule has 1 aliphatic carbocycles. The largest absolute Gasteiger partial charge is 0.272 e. The van der Waals surface area contributed by atoms with Gasteiger partial charge in [-0.1, -0.05) is 44.7 Å². The molecule has 1 atom stereocenters. The van der Waals surface area contributed by atoms with Crippen LogP contribution in [0.2, 0.25) is 0 Å². The molecule has 1 saturated carbocycles. The van der Waals surface area contributed by atoms with Crippen LogP contribution >= 0.6 is 0 Å². The van der Waals surface area contributed by atoms with Crippen molar-refractivity contribution >= 4 is 16.9 Å². The number of benzene rings is 1. The first-order chi connectivity index (χ1) is 11.7. The minimum atomic E-state index is 0.0181. The van der Waals surface area contributed by atoms with Crippen molar-refractivity contribution < 1.29 is 0 Å². The van der Waals surface area contributed by atoms with E-state index < -0.39 is 0 Å². The van der Waals surface area contributed by atoms with Crippen molar-refractivity contribution in [3.05, 3.63) is 34.6 Å². The summed E-state index contributed by atoms with van der Waals surface area (Å²) in [5, 5.41) is 9.45. The topological polar surface area (TPSA) is 59.6 Å². The van der Waals surface area contributed by atoms with E-state index in [1.54, 1.807) is 4.57 Å². The van der Waals surface area contributed by atoms with Crippen LogP contribution in [-0.2, 0) is 0 Å². The Labute approximate surface area is 142 Å². The summed E-state index contributed by atoms with van der Waals surface area (Å²) in [6.07, 6.45) is 7.67. The minimum Gasteiger partial charge on any atom is -0.272 e. The van der Waals surface area contributed by atoms with Gasteiger partial charge in [-0.25, -0.2) is 4.98 Å². The molecule has 1 aromatic heterocycles. The average Bonchev–Trinajstić information content (AvgIpc) is 2.61. The molecule has 0 bridgehead atoms. The number of nitrogens with zero attached hydrogens (tertiary/aromatic N) is 4. The van der Waals surface area contributed by atoms with E-state index in [4.69, 9.17) is 0 Å². The lowest BCUT2D eigenvalue weighted by atomic mass is 9.95. The van der Waals surface area contributed by atoms with Gasteiger partial charge in [-0.05, 0) is 38.3 Å². The van der Waals surface area contributed by atoms with Crippen molar-refractivity contribution in [2.45, 2.75) is 70.9 Å². The summed E-state index contributed by atoms with van der Waals surface area (Å²) in [6, 6.07) is 7.86. The van der Waals surface area contributed by atoms with Crippen LogP contribution in [0.25, 0.3) is 10.9 Å². The maximum Gasteiger partial charge on any atom is 0.263 e. The molecule has 5 heteroatoms. The quantitative estimate of drug-likeness (QED) is 0.711. The molecule has 5 nitrogen and oxygen atoms in total. The third-order valence-electron chi connectivity index (χ3n) is 4.78. The molecule has 1 heterocycles. The molecule has 0 amide bonds. The van der Waals surface area contributed by atoms with Crippen molar-refractivity contribution in [3.63, 3.8) is 0 Å². The van der Waals surface area contributed by atoms with E-state index in [1.165, 1.54) is 6.42 Å². The highest BCUT2D eigenvalue weighted by Gasteiger charge is 2.21. The van der Waals surface area contributed by atoms with Crippen LogP contribution in [0.4, 0.5) is 5.95 Å². The molecule has 0 saturated heterocycles. The maximum atomic E-state index is 13.0. The second-order valence-corrected chi connectivity index (χ2v) is 6.75. The Bertz CT molecular complexity index is 775. The monoisotopic (exact) mass is 326 g/mol.